The Morgan fingerprint density at radius 1 is 1.39 bits per heavy atom. The van der Waals surface area contributed by atoms with Crippen LogP contribution >= 0.6 is 15.9 Å². The normalized spacial score (nSPS) is 10.7. The van der Waals surface area contributed by atoms with E-state index in [1.165, 1.54) is 0 Å². The lowest BCUT2D eigenvalue weighted by Crippen LogP contribution is -2.04. The van der Waals surface area contributed by atoms with E-state index in [-0.39, 0.29) is 6.61 Å². The van der Waals surface area contributed by atoms with Crippen molar-refractivity contribution in [2.45, 2.75) is 20.1 Å². The molecule has 0 amide bonds. The summed E-state index contributed by atoms with van der Waals surface area (Å²) < 4.78 is 8.45. The lowest BCUT2D eigenvalue weighted by molar-refractivity contribution is 0.255. The minimum atomic E-state index is -0.0425. The smallest absolute Gasteiger partial charge is 0.130 e. The summed E-state index contributed by atoms with van der Waals surface area (Å²) in [6.07, 6.45) is 0. The number of aryl methyl sites for hydroxylation is 2. The first-order valence-electron chi connectivity index (χ1n) is 5.61. The van der Waals surface area contributed by atoms with Gasteiger partial charge in [0, 0.05) is 17.1 Å². The fraction of sp³-hybridized carbons (Fsp3) is 0.308. The molecule has 2 rings (SSSR count). The molecular formula is C13H15BrN2O2. The first-order chi connectivity index (χ1) is 8.60. The molecule has 0 aliphatic carbocycles. The average molecular weight is 311 g/mol. The van der Waals surface area contributed by atoms with Crippen LogP contribution in [0.3, 0.4) is 0 Å². The first kappa shape index (κ1) is 13.1. The molecule has 1 aromatic carbocycles. The monoisotopic (exact) mass is 310 g/mol. The molecular weight excluding hydrogens is 296 g/mol. The third-order valence-corrected chi connectivity index (χ3v) is 3.16. The Bertz CT molecular complexity index is 552. The minimum absolute atomic E-state index is 0.0425. The van der Waals surface area contributed by atoms with Gasteiger partial charge in [0.05, 0.1) is 18.0 Å². The Morgan fingerprint density at radius 3 is 2.78 bits per heavy atom. The van der Waals surface area contributed by atoms with Crippen LogP contribution in [0.2, 0.25) is 0 Å². The van der Waals surface area contributed by atoms with Crippen molar-refractivity contribution >= 4 is 15.9 Å². The number of nitrogens with zero attached hydrogens (tertiary/aromatic N) is 2. The maximum atomic E-state index is 9.28. The van der Waals surface area contributed by atoms with Crippen LogP contribution in [0.4, 0.5) is 0 Å². The lowest BCUT2D eigenvalue weighted by atomic mass is 10.2. The number of aliphatic hydroxyl groups is 1. The Hall–Kier alpha value is -1.33. The van der Waals surface area contributed by atoms with Gasteiger partial charge in [-0.3, -0.25) is 4.68 Å². The van der Waals surface area contributed by atoms with Gasteiger partial charge in [0.25, 0.3) is 0 Å². The molecule has 0 unspecified atom stereocenters. The van der Waals surface area contributed by atoms with Crippen molar-refractivity contribution in [1.82, 2.24) is 9.78 Å². The molecule has 1 aromatic heterocycles. The van der Waals surface area contributed by atoms with Crippen LogP contribution in [-0.2, 0) is 20.3 Å². The van der Waals surface area contributed by atoms with Crippen LogP contribution in [0.1, 0.15) is 17.0 Å². The molecule has 1 N–H and O–H groups in total. The maximum Gasteiger partial charge on any atom is 0.130 e. The van der Waals surface area contributed by atoms with Gasteiger partial charge in [0.15, 0.2) is 0 Å². The molecule has 0 radical (unpaired) electrons. The Kier molecular flexibility index (Phi) is 4.04. The van der Waals surface area contributed by atoms with Gasteiger partial charge in [-0.25, -0.2) is 0 Å². The van der Waals surface area contributed by atoms with Crippen molar-refractivity contribution in [1.29, 1.82) is 0 Å². The molecule has 0 saturated heterocycles. The van der Waals surface area contributed by atoms with Gasteiger partial charge in [-0.1, -0.05) is 15.9 Å². The Balaban J connectivity index is 2.13. The number of ether oxygens (including phenoxy) is 1. The van der Waals surface area contributed by atoms with Crippen LogP contribution < -0.4 is 4.74 Å². The van der Waals surface area contributed by atoms with Crippen molar-refractivity contribution < 1.29 is 9.84 Å². The van der Waals surface area contributed by atoms with E-state index in [0.717, 1.165) is 21.4 Å². The third kappa shape index (κ3) is 2.91. The van der Waals surface area contributed by atoms with Crippen LogP contribution in [0, 0.1) is 6.92 Å². The SMILES string of the molecule is Cc1cc(COc2ccc(Br)cc2CO)n(C)n1. The zero-order valence-electron chi connectivity index (χ0n) is 10.4. The summed E-state index contributed by atoms with van der Waals surface area (Å²) in [6.45, 7) is 2.34. The molecule has 0 spiro atoms. The molecule has 0 fully saturated rings. The quantitative estimate of drug-likeness (QED) is 0.944. The number of aliphatic hydroxyl groups excluding tert-OH is 1. The average Bonchev–Trinajstić information content (AvgIpc) is 2.66. The molecule has 0 aliphatic heterocycles. The second-order valence-corrected chi connectivity index (χ2v) is 5.02. The molecule has 0 atom stereocenters. The molecule has 2 aromatic rings. The molecule has 96 valence electrons. The molecule has 0 aliphatic rings. The van der Waals surface area contributed by atoms with Gasteiger partial charge >= 0.3 is 0 Å². The number of hydrogen-bond donors (Lipinski definition) is 1. The van der Waals surface area contributed by atoms with E-state index in [4.69, 9.17) is 4.74 Å². The van der Waals surface area contributed by atoms with Gasteiger partial charge in [0.2, 0.25) is 0 Å². The summed E-state index contributed by atoms with van der Waals surface area (Å²) in [5.41, 5.74) is 2.73. The third-order valence-electron chi connectivity index (χ3n) is 2.67. The van der Waals surface area contributed by atoms with E-state index in [9.17, 15) is 5.11 Å². The highest BCUT2D eigenvalue weighted by atomic mass is 79.9. The van der Waals surface area contributed by atoms with Crippen LogP contribution in [0.5, 0.6) is 5.75 Å². The van der Waals surface area contributed by atoms with Crippen molar-refractivity contribution in [2.24, 2.45) is 7.05 Å². The Morgan fingerprint density at radius 2 is 2.17 bits per heavy atom. The van der Waals surface area contributed by atoms with E-state index in [2.05, 4.69) is 21.0 Å². The van der Waals surface area contributed by atoms with Crippen LogP contribution in [0.15, 0.2) is 28.7 Å². The summed E-state index contributed by atoms with van der Waals surface area (Å²) in [7, 11) is 1.89. The van der Waals surface area contributed by atoms with Crippen LogP contribution in [-0.4, -0.2) is 14.9 Å². The summed E-state index contributed by atoms with van der Waals surface area (Å²) >= 11 is 3.37. The highest BCUT2D eigenvalue weighted by Crippen LogP contribution is 2.24. The number of benzene rings is 1. The van der Waals surface area contributed by atoms with E-state index < -0.39 is 0 Å². The molecule has 18 heavy (non-hydrogen) atoms. The van der Waals surface area contributed by atoms with E-state index in [1.807, 2.05) is 38.2 Å². The largest absolute Gasteiger partial charge is 0.487 e. The first-order valence-corrected chi connectivity index (χ1v) is 6.41. The number of hydrogen-bond acceptors (Lipinski definition) is 3. The predicted octanol–water partition coefficient (Wildman–Crippen LogP) is 2.56. The highest BCUT2D eigenvalue weighted by Gasteiger charge is 2.06. The molecule has 0 saturated carbocycles. The molecule has 4 nitrogen and oxygen atoms in total. The fourth-order valence-electron chi connectivity index (χ4n) is 1.76. The van der Waals surface area contributed by atoms with Gasteiger partial charge in [-0.2, -0.15) is 5.10 Å². The zero-order chi connectivity index (χ0) is 13.1. The van der Waals surface area contributed by atoms with Crippen molar-refractivity contribution in [3.8, 4) is 5.75 Å². The summed E-state index contributed by atoms with van der Waals surface area (Å²) in [5, 5.41) is 13.5. The highest BCUT2D eigenvalue weighted by molar-refractivity contribution is 9.10. The zero-order valence-corrected chi connectivity index (χ0v) is 11.9. The van der Waals surface area contributed by atoms with Gasteiger partial charge in [-0.15, -0.1) is 0 Å². The van der Waals surface area contributed by atoms with E-state index >= 15 is 0 Å². The summed E-state index contributed by atoms with van der Waals surface area (Å²) in [5.74, 6) is 0.694. The predicted molar refractivity (Wildman–Crippen MR) is 72.3 cm³/mol. The van der Waals surface area contributed by atoms with Gasteiger partial charge in [0.1, 0.15) is 12.4 Å². The molecule has 5 heteroatoms. The fourth-order valence-corrected chi connectivity index (χ4v) is 2.17. The van der Waals surface area contributed by atoms with Gasteiger partial charge in [-0.05, 0) is 31.2 Å². The van der Waals surface area contributed by atoms with Crippen molar-refractivity contribution in [2.75, 3.05) is 0 Å². The molecule has 0 bridgehead atoms. The topological polar surface area (TPSA) is 47.3 Å². The number of halogens is 1. The standard InChI is InChI=1S/C13H15BrN2O2/c1-9-5-12(16(2)15-9)8-18-13-4-3-11(14)6-10(13)7-17/h3-6,17H,7-8H2,1-2H3. The Labute approximate surface area is 114 Å². The second kappa shape index (κ2) is 5.54. The van der Waals surface area contributed by atoms with Gasteiger partial charge < -0.3 is 9.84 Å². The molecule has 1 heterocycles. The lowest BCUT2D eigenvalue weighted by Gasteiger charge is -2.10. The number of rotatable bonds is 4. The van der Waals surface area contributed by atoms with Crippen LogP contribution in [0.25, 0.3) is 0 Å². The summed E-state index contributed by atoms with van der Waals surface area (Å²) in [4.78, 5) is 0. The van der Waals surface area contributed by atoms with Crippen molar-refractivity contribution in [3.63, 3.8) is 0 Å². The number of aromatic nitrogens is 2. The maximum absolute atomic E-state index is 9.28. The summed E-state index contributed by atoms with van der Waals surface area (Å²) in [6, 6.07) is 7.57. The van der Waals surface area contributed by atoms with Crippen molar-refractivity contribution in [3.05, 3.63) is 45.7 Å². The minimum Gasteiger partial charge on any atom is -0.487 e. The second-order valence-electron chi connectivity index (χ2n) is 4.10. The van der Waals surface area contributed by atoms with E-state index in [0.29, 0.717) is 12.4 Å². The van der Waals surface area contributed by atoms with E-state index in [1.54, 1.807) is 4.68 Å².